The maximum atomic E-state index is 4.09. The number of nitrogens with zero attached hydrogens (tertiary/aromatic N) is 5. The summed E-state index contributed by atoms with van der Waals surface area (Å²) in [5.41, 5.74) is 0.964. The maximum Gasteiger partial charge on any atom is 0.250 e. The second kappa shape index (κ2) is 6.29. The summed E-state index contributed by atoms with van der Waals surface area (Å²) in [6.45, 7) is 6.02. The predicted molar refractivity (Wildman–Crippen MR) is 75.6 cm³/mol. The molecule has 0 saturated heterocycles. The van der Waals surface area contributed by atoms with E-state index in [0.717, 1.165) is 24.7 Å². The van der Waals surface area contributed by atoms with E-state index in [2.05, 4.69) is 34.7 Å². The molecule has 0 saturated carbocycles. The molecule has 6 heteroatoms. The van der Waals surface area contributed by atoms with Gasteiger partial charge in [0.1, 0.15) is 0 Å². The van der Waals surface area contributed by atoms with E-state index in [1.54, 1.807) is 4.68 Å². The van der Waals surface area contributed by atoms with Crippen LogP contribution in [0.15, 0.2) is 30.3 Å². The zero-order chi connectivity index (χ0) is 13.7. The average molecular weight is 260 g/mol. The third-order valence-electron chi connectivity index (χ3n) is 2.80. The number of likely N-dealkylation sites (N-methyl/N-ethyl adjacent to an activating group) is 1. The van der Waals surface area contributed by atoms with Crippen molar-refractivity contribution in [2.24, 2.45) is 0 Å². The highest BCUT2D eigenvalue weighted by Gasteiger charge is 2.12. The minimum Gasteiger partial charge on any atom is -0.341 e. The topological polar surface area (TPSA) is 58.9 Å². The Balaban J connectivity index is 2.07. The van der Waals surface area contributed by atoms with Gasteiger partial charge in [0.15, 0.2) is 0 Å². The molecule has 0 aliphatic heterocycles. The van der Waals surface area contributed by atoms with Gasteiger partial charge in [-0.1, -0.05) is 37.1 Å². The lowest BCUT2D eigenvalue weighted by Gasteiger charge is -2.18. The maximum absolute atomic E-state index is 4.09. The molecule has 2 rings (SSSR count). The summed E-state index contributed by atoms with van der Waals surface area (Å²) in [6, 6.07) is 10.4. The summed E-state index contributed by atoms with van der Waals surface area (Å²) >= 11 is 0. The minimum absolute atomic E-state index is 0.485. The number of benzene rings is 1. The summed E-state index contributed by atoms with van der Waals surface area (Å²) < 4.78 is 1.75. The van der Waals surface area contributed by atoms with Gasteiger partial charge in [-0.3, -0.25) is 0 Å². The molecule has 2 aromatic rings. The van der Waals surface area contributed by atoms with E-state index < -0.39 is 0 Å². The van der Waals surface area contributed by atoms with Gasteiger partial charge in [-0.2, -0.15) is 4.68 Å². The molecule has 6 nitrogen and oxygen atoms in total. The third kappa shape index (κ3) is 3.51. The molecule has 0 amide bonds. The predicted octanol–water partition coefficient (Wildman–Crippen LogP) is 1.10. The SMILES string of the molecule is CC(C)NCCN(C)c1nnnn1-c1ccccc1. The number of anilines is 1. The molecule has 0 bridgehead atoms. The standard InChI is InChI=1S/C13H20N6/c1-11(2)14-9-10-18(3)13-15-16-17-19(13)12-7-5-4-6-8-12/h4-8,11,14H,9-10H2,1-3H3. The van der Waals surface area contributed by atoms with Gasteiger partial charge in [-0.15, -0.1) is 0 Å². The highest BCUT2D eigenvalue weighted by Crippen LogP contribution is 2.13. The first-order valence-electron chi connectivity index (χ1n) is 6.47. The zero-order valence-electron chi connectivity index (χ0n) is 11.6. The Hall–Kier alpha value is -1.95. The quantitative estimate of drug-likeness (QED) is 0.842. The fourth-order valence-electron chi connectivity index (χ4n) is 1.78. The van der Waals surface area contributed by atoms with E-state index in [0.29, 0.717) is 6.04 Å². The second-order valence-corrected chi connectivity index (χ2v) is 4.76. The molecule has 0 aliphatic rings. The van der Waals surface area contributed by atoms with Crippen molar-refractivity contribution in [1.82, 2.24) is 25.5 Å². The average Bonchev–Trinajstić information content (AvgIpc) is 2.88. The summed E-state index contributed by atoms with van der Waals surface area (Å²) in [4.78, 5) is 2.04. The van der Waals surface area contributed by atoms with Gasteiger partial charge in [0, 0.05) is 26.2 Å². The molecule has 1 N–H and O–H groups in total. The van der Waals surface area contributed by atoms with Crippen molar-refractivity contribution in [3.05, 3.63) is 30.3 Å². The minimum atomic E-state index is 0.485. The Bertz CT molecular complexity index is 493. The number of nitrogens with one attached hydrogen (secondary N) is 1. The summed E-state index contributed by atoms with van der Waals surface area (Å²) in [5, 5.41) is 15.3. The highest BCUT2D eigenvalue weighted by atomic mass is 15.6. The van der Waals surface area contributed by atoms with Crippen LogP contribution in [0.1, 0.15) is 13.8 Å². The van der Waals surface area contributed by atoms with Gasteiger partial charge in [0.05, 0.1) is 5.69 Å². The number of para-hydroxylation sites is 1. The monoisotopic (exact) mass is 260 g/mol. The van der Waals surface area contributed by atoms with Crippen molar-refractivity contribution in [3.8, 4) is 5.69 Å². The van der Waals surface area contributed by atoms with Gasteiger partial charge < -0.3 is 10.2 Å². The fraction of sp³-hybridized carbons (Fsp3) is 0.462. The lowest BCUT2D eigenvalue weighted by Crippen LogP contribution is -2.34. The largest absolute Gasteiger partial charge is 0.341 e. The molecule has 0 fully saturated rings. The van der Waals surface area contributed by atoms with Crippen LogP contribution in [0.3, 0.4) is 0 Å². The van der Waals surface area contributed by atoms with Crippen LogP contribution in [0.2, 0.25) is 0 Å². The Labute approximate surface area is 113 Å². The van der Waals surface area contributed by atoms with Crippen molar-refractivity contribution < 1.29 is 0 Å². The number of hydrogen-bond donors (Lipinski definition) is 1. The van der Waals surface area contributed by atoms with Crippen molar-refractivity contribution >= 4 is 5.95 Å². The first kappa shape index (κ1) is 13.5. The lowest BCUT2D eigenvalue weighted by molar-refractivity contribution is 0.585. The molecule has 1 aromatic carbocycles. The molecule has 0 atom stereocenters. The number of aromatic nitrogens is 4. The van der Waals surface area contributed by atoms with Crippen molar-refractivity contribution in [3.63, 3.8) is 0 Å². The Morgan fingerprint density at radius 3 is 2.68 bits per heavy atom. The van der Waals surface area contributed by atoms with E-state index in [9.17, 15) is 0 Å². The molecule has 0 aliphatic carbocycles. The molecule has 102 valence electrons. The molecule has 1 aromatic heterocycles. The van der Waals surface area contributed by atoms with Gasteiger partial charge in [-0.05, 0) is 22.6 Å². The Morgan fingerprint density at radius 2 is 2.00 bits per heavy atom. The van der Waals surface area contributed by atoms with Crippen LogP contribution in [0.5, 0.6) is 0 Å². The van der Waals surface area contributed by atoms with Crippen molar-refractivity contribution in [2.45, 2.75) is 19.9 Å². The molecular formula is C13H20N6. The molecule has 19 heavy (non-hydrogen) atoms. The van der Waals surface area contributed by atoms with Crippen molar-refractivity contribution in [2.75, 3.05) is 25.0 Å². The zero-order valence-corrected chi connectivity index (χ0v) is 11.6. The number of tetrazole rings is 1. The first-order chi connectivity index (χ1) is 9.18. The van der Waals surface area contributed by atoms with Crippen LogP contribution in [-0.2, 0) is 0 Å². The van der Waals surface area contributed by atoms with E-state index >= 15 is 0 Å². The number of rotatable bonds is 6. The van der Waals surface area contributed by atoms with Crippen LogP contribution in [0, 0.1) is 0 Å². The smallest absolute Gasteiger partial charge is 0.250 e. The van der Waals surface area contributed by atoms with Gasteiger partial charge in [0.2, 0.25) is 5.95 Å². The van der Waals surface area contributed by atoms with Crippen LogP contribution in [-0.4, -0.2) is 46.4 Å². The molecule has 0 spiro atoms. The molecular weight excluding hydrogens is 240 g/mol. The van der Waals surface area contributed by atoms with E-state index in [1.807, 2.05) is 42.3 Å². The highest BCUT2D eigenvalue weighted by molar-refractivity contribution is 5.39. The normalized spacial score (nSPS) is 10.9. The van der Waals surface area contributed by atoms with Crippen LogP contribution >= 0.6 is 0 Å². The van der Waals surface area contributed by atoms with Gasteiger partial charge >= 0.3 is 0 Å². The summed E-state index contributed by atoms with van der Waals surface area (Å²) in [6.07, 6.45) is 0. The first-order valence-corrected chi connectivity index (χ1v) is 6.47. The fourth-order valence-corrected chi connectivity index (χ4v) is 1.78. The Kier molecular flexibility index (Phi) is 4.46. The number of hydrogen-bond acceptors (Lipinski definition) is 5. The molecule has 0 unspecified atom stereocenters. The molecule has 1 heterocycles. The van der Waals surface area contributed by atoms with Gasteiger partial charge in [-0.25, -0.2) is 0 Å². The van der Waals surface area contributed by atoms with Crippen molar-refractivity contribution in [1.29, 1.82) is 0 Å². The Morgan fingerprint density at radius 1 is 1.26 bits per heavy atom. The third-order valence-corrected chi connectivity index (χ3v) is 2.80. The summed E-state index contributed by atoms with van der Waals surface area (Å²) in [7, 11) is 1.99. The molecule has 0 radical (unpaired) electrons. The van der Waals surface area contributed by atoms with Crippen LogP contribution < -0.4 is 10.2 Å². The summed E-state index contributed by atoms with van der Waals surface area (Å²) in [5.74, 6) is 0.747. The van der Waals surface area contributed by atoms with Crippen LogP contribution in [0.25, 0.3) is 5.69 Å². The second-order valence-electron chi connectivity index (χ2n) is 4.76. The lowest BCUT2D eigenvalue weighted by atomic mass is 10.3. The van der Waals surface area contributed by atoms with E-state index in [4.69, 9.17) is 0 Å². The van der Waals surface area contributed by atoms with E-state index in [-0.39, 0.29) is 0 Å². The van der Waals surface area contributed by atoms with E-state index in [1.165, 1.54) is 0 Å². The van der Waals surface area contributed by atoms with Gasteiger partial charge in [0.25, 0.3) is 0 Å². The van der Waals surface area contributed by atoms with Crippen LogP contribution in [0.4, 0.5) is 5.95 Å².